The highest BCUT2D eigenvalue weighted by Crippen LogP contribution is 2.28. The molecule has 0 saturated heterocycles. The highest BCUT2D eigenvalue weighted by molar-refractivity contribution is 5.76. The van der Waals surface area contributed by atoms with E-state index in [-0.39, 0.29) is 11.8 Å². The first-order valence-corrected chi connectivity index (χ1v) is 6.66. The number of nitrogens with two attached hydrogens (primary N) is 1. The third kappa shape index (κ3) is 4.52. The maximum atomic E-state index is 11.0. The van der Waals surface area contributed by atoms with Gasteiger partial charge in [0.05, 0.1) is 0 Å². The molecule has 0 aliphatic heterocycles. The lowest BCUT2D eigenvalue weighted by atomic mass is 9.81. The molecule has 1 rings (SSSR count). The SMILES string of the molecule is CCCC(C)NCC1CCC(C(N)=O)CC1. The van der Waals surface area contributed by atoms with Gasteiger partial charge in [-0.1, -0.05) is 13.3 Å². The minimum atomic E-state index is -0.106. The summed E-state index contributed by atoms with van der Waals surface area (Å²) in [6.07, 6.45) is 6.77. The van der Waals surface area contributed by atoms with Gasteiger partial charge in [0, 0.05) is 12.0 Å². The van der Waals surface area contributed by atoms with Gasteiger partial charge in [-0.15, -0.1) is 0 Å². The molecule has 1 unspecified atom stereocenters. The molecule has 1 atom stereocenters. The van der Waals surface area contributed by atoms with Crippen molar-refractivity contribution in [2.75, 3.05) is 6.54 Å². The second-order valence-corrected chi connectivity index (χ2v) is 5.22. The van der Waals surface area contributed by atoms with Crippen LogP contribution < -0.4 is 11.1 Å². The third-order valence-corrected chi connectivity index (χ3v) is 3.73. The molecular weight excluding hydrogens is 200 g/mol. The standard InChI is InChI=1S/C13H26N2O/c1-3-4-10(2)15-9-11-5-7-12(8-6-11)13(14)16/h10-12,15H,3-9H2,1-2H3,(H2,14,16). The number of carbonyl (C=O) groups is 1. The molecule has 1 saturated carbocycles. The second-order valence-electron chi connectivity index (χ2n) is 5.22. The van der Waals surface area contributed by atoms with E-state index in [1.807, 2.05) is 0 Å². The van der Waals surface area contributed by atoms with Gasteiger partial charge in [0.25, 0.3) is 0 Å². The van der Waals surface area contributed by atoms with Crippen molar-refractivity contribution in [1.29, 1.82) is 0 Å². The molecular formula is C13H26N2O. The van der Waals surface area contributed by atoms with Crippen molar-refractivity contribution in [2.45, 2.75) is 58.4 Å². The topological polar surface area (TPSA) is 55.1 Å². The Kier molecular flexibility index (Phi) is 5.81. The molecule has 0 radical (unpaired) electrons. The van der Waals surface area contributed by atoms with Crippen LogP contribution in [0.1, 0.15) is 52.4 Å². The fourth-order valence-corrected chi connectivity index (χ4v) is 2.55. The van der Waals surface area contributed by atoms with Gasteiger partial charge in [-0.05, 0) is 51.5 Å². The maximum absolute atomic E-state index is 11.0. The Bertz CT molecular complexity index is 210. The summed E-state index contributed by atoms with van der Waals surface area (Å²) in [6, 6.07) is 0.624. The van der Waals surface area contributed by atoms with E-state index < -0.39 is 0 Å². The molecule has 1 amide bonds. The summed E-state index contributed by atoms with van der Waals surface area (Å²) in [6.45, 7) is 5.57. The van der Waals surface area contributed by atoms with Gasteiger partial charge >= 0.3 is 0 Å². The number of rotatable bonds is 6. The van der Waals surface area contributed by atoms with Gasteiger partial charge in [-0.25, -0.2) is 0 Å². The predicted molar refractivity (Wildman–Crippen MR) is 67.0 cm³/mol. The maximum Gasteiger partial charge on any atom is 0.220 e. The molecule has 0 aromatic heterocycles. The van der Waals surface area contributed by atoms with Crippen LogP contribution >= 0.6 is 0 Å². The first-order chi connectivity index (χ1) is 7.63. The van der Waals surface area contributed by atoms with Crippen LogP contribution in [0, 0.1) is 11.8 Å². The predicted octanol–water partition coefficient (Wildman–Crippen LogP) is 2.06. The highest BCUT2D eigenvalue weighted by atomic mass is 16.1. The zero-order chi connectivity index (χ0) is 12.0. The van der Waals surface area contributed by atoms with Crippen LogP contribution in [0.4, 0.5) is 0 Å². The average molecular weight is 226 g/mol. The van der Waals surface area contributed by atoms with Gasteiger partial charge in [-0.3, -0.25) is 4.79 Å². The van der Waals surface area contributed by atoms with Crippen LogP contribution in [-0.2, 0) is 4.79 Å². The van der Waals surface area contributed by atoms with Crippen LogP contribution in [0.2, 0.25) is 0 Å². The van der Waals surface area contributed by atoms with Gasteiger partial charge < -0.3 is 11.1 Å². The molecule has 3 heteroatoms. The first-order valence-electron chi connectivity index (χ1n) is 6.66. The van der Waals surface area contributed by atoms with Crippen LogP contribution in [0.3, 0.4) is 0 Å². The van der Waals surface area contributed by atoms with Crippen molar-refractivity contribution in [1.82, 2.24) is 5.32 Å². The van der Waals surface area contributed by atoms with Crippen LogP contribution in [0.25, 0.3) is 0 Å². The van der Waals surface area contributed by atoms with Crippen LogP contribution in [0.5, 0.6) is 0 Å². The number of amides is 1. The zero-order valence-corrected chi connectivity index (χ0v) is 10.7. The molecule has 1 aliphatic rings. The summed E-state index contributed by atoms with van der Waals surface area (Å²) < 4.78 is 0. The van der Waals surface area contributed by atoms with E-state index in [1.165, 1.54) is 12.8 Å². The Balaban J connectivity index is 2.14. The largest absolute Gasteiger partial charge is 0.369 e. The van der Waals surface area contributed by atoms with Crippen molar-refractivity contribution in [3.8, 4) is 0 Å². The Labute approximate surface area is 99.2 Å². The van der Waals surface area contributed by atoms with Crippen LogP contribution in [-0.4, -0.2) is 18.5 Å². The highest BCUT2D eigenvalue weighted by Gasteiger charge is 2.24. The Morgan fingerprint density at radius 3 is 2.50 bits per heavy atom. The van der Waals surface area contributed by atoms with E-state index in [0.717, 1.165) is 38.1 Å². The van der Waals surface area contributed by atoms with Gasteiger partial charge in [0.2, 0.25) is 5.91 Å². The molecule has 0 aromatic rings. The lowest BCUT2D eigenvalue weighted by molar-refractivity contribution is -0.122. The first kappa shape index (κ1) is 13.5. The fraction of sp³-hybridized carbons (Fsp3) is 0.923. The minimum absolute atomic E-state index is 0.106. The summed E-state index contributed by atoms with van der Waals surface area (Å²) >= 11 is 0. The number of hydrogen-bond donors (Lipinski definition) is 2. The van der Waals surface area contributed by atoms with E-state index in [4.69, 9.17) is 5.73 Å². The number of carbonyl (C=O) groups excluding carboxylic acids is 1. The molecule has 3 nitrogen and oxygen atoms in total. The molecule has 94 valence electrons. The quantitative estimate of drug-likeness (QED) is 0.728. The summed E-state index contributed by atoms with van der Waals surface area (Å²) in [5.74, 6) is 0.782. The average Bonchev–Trinajstić information content (AvgIpc) is 2.27. The summed E-state index contributed by atoms with van der Waals surface area (Å²) in [7, 11) is 0. The van der Waals surface area contributed by atoms with Gasteiger partial charge in [0.15, 0.2) is 0 Å². The number of hydrogen-bond acceptors (Lipinski definition) is 2. The summed E-state index contributed by atoms with van der Waals surface area (Å²) in [5, 5.41) is 3.58. The monoisotopic (exact) mass is 226 g/mol. The summed E-state index contributed by atoms with van der Waals surface area (Å²) in [4.78, 5) is 11.0. The smallest absolute Gasteiger partial charge is 0.220 e. The molecule has 0 bridgehead atoms. The van der Waals surface area contributed by atoms with Gasteiger partial charge in [0.1, 0.15) is 0 Å². The third-order valence-electron chi connectivity index (χ3n) is 3.73. The Morgan fingerprint density at radius 2 is 2.00 bits per heavy atom. The lowest BCUT2D eigenvalue weighted by Crippen LogP contribution is -2.34. The number of nitrogens with one attached hydrogen (secondary N) is 1. The molecule has 1 fully saturated rings. The van der Waals surface area contributed by atoms with Gasteiger partial charge in [-0.2, -0.15) is 0 Å². The van der Waals surface area contributed by atoms with E-state index in [9.17, 15) is 4.79 Å². The van der Waals surface area contributed by atoms with Crippen LogP contribution in [0.15, 0.2) is 0 Å². The molecule has 1 aliphatic carbocycles. The zero-order valence-electron chi connectivity index (χ0n) is 10.7. The van der Waals surface area contributed by atoms with Crippen molar-refractivity contribution in [3.05, 3.63) is 0 Å². The molecule has 0 spiro atoms. The molecule has 0 heterocycles. The number of primary amides is 1. The minimum Gasteiger partial charge on any atom is -0.369 e. The molecule has 0 aromatic carbocycles. The van der Waals surface area contributed by atoms with E-state index in [0.29, 0.717) is 6.04 Å². The van der Waals surface area contributed by atoms with Crippen molar-refractivity contribution < 1.29 is 4.79 Å². The van der Waals surface area contributed by atoms with Crippen molar-refractivity contribution in [3.63, 3.8) is 0 Å². The Morgan fingerprint density at radius 1 is 1.38 bits per heavy atom. The van der Waals surface area contributed by atoms with E-state index >= 15 is 0 Å². The van der Waals surface area contributed by atoms with Crippen molar-refractivity contribution >= 4 is 5.91 Å². The fourth-order valence-electron chi connectivity index (χ4n) is 2.55. The van der Waals surface area contributed by atoms with E-state index in [2.05, 4.69) is 19.2 Å². The Hall–Kier alpha value is -0.570. The normalized spacial score (nSPS) is 27.6. The van der Waals surface area contributed by atoms with E-state index in [1.54, 1.807) is 0 Å². The van der Waals surface area contributed by atoms with Crippen molar-refractivity contribution in [2.24, 2.45) is 17.6 Å². The summed E-state index contributed by atoms with van der Waals surface area (Å²) in [5.41, 5.74) is 5.32. The molecule has 16 heavy (non-hydrogen) atoms. The molecule has 3 N–H and O–H groups in total. The lowest BCUT2D eigenvalue weighted by Gasteiger charge is -2.27. The second kappa shape index (κ2) is 6.89.